The van der Waals surface area contributed by atoms with Gasteiger partial charge >= 0.3 is 0 Å². The Bertz CT molecular complexity index is 874. The lowest BCUT2D eigenvalue weighted by Crippen LogP contribution is -2.15. The number of nitrogens with zero attached hydrogens (tertiary/aromatic N) is 3. The summed E-state index contributed by atoms with van der Waals surface area (Å²) in [5.41, 5.74) is 1.57. The monoisotopic (exact) mass is 311 g/mol. The topological polar surface area (TPSA) is 63.2 Å². The van der Waals surface area contributed by atoms with Crippen molar-refractivity contribution in [3.05, 3.63) is 58.5 Å². The van der Waals surface area contributed by atoms with E-state index in [2.05, 4.69) is 9.97 Å². The van der Waals surface area contributed by atoms with Crippen LogP contribution in [0.4, 0.5) is 10.8 Å². The lowest BCUT2D eigenvalue weighted by Gasteiger charge is -2.17. The molecule has 2 aromatic heterocycles. The second kappa shape index (κ2) is 6.03. The van der Waals surface area contributed by atoms with Crippen molar-refractivity contribution in [1.82, 2.24) is 9.97 Å². The number of rotatable bonds is 4. The van der Waals surface area contributed by atoms with Crippen molar-refractivity contribution < 1.29 is 4.79 Å². The van der Waals surface area contributed by atoms with Gasteiger partial charge in [-0.3, -0.25) is 4.79 Å². The predicted molar refractivity (Wildman–Crippen MR) is 88.0 cm³/mol. The molecule has 6 heteroatoms. The van der Waals surface area contributed by atoms with E-state index in [0.717, 1.165) is 17.5 Å². The number of benzene rings is 1. The maximum absolute atomic E-state index is 12.1. The summed E-state index contributed by atoms with van der Waals surface area (Å²) in [6, 6.07) is 11.0. The second-order valence-corrected chi connectivity index (χ2v) is 5.71. The highest BCUT2D eigenvalue weighted by molar-refractivity contribution is 7.21. The van der Waals surface area contributed by atoms with Crippen LogP contribution in [0.5, 0.6) is 0 Å². The molecule has 2 heterocycles. The molecule has 0 amide bonds. The van der Waals surface area contributed by atoms with Gasteiger partial charge in [0, 0.05) is 25.4 Å². The molecule has 0 radical (unpaired) electrons. The average molecular weight is 311 g/mol. The molecule has 110 valence electrons. The highest BCUT2D eigenvalue weighted by atomic mass is 32.1. The van der Waals surface area contributed by atoms with E-state index in [1.165, 1.54) is 11.3 Å². The molecule has 0 unspecified atom stereocenters. The Morgan fingerprint density at radius 3 is 2.73 bits per heavy atom. The van der Waals surface area contributed by atoms with Crippen LogP contribution in [-0.2, 0) is 11.2 Å². The summed E-state index contributed by atoms with van der Waals surface area (Å²) < 4.78 is 0. The van der Waals surface area contributed by atoms with E-state index < -0.39 is 0 Å². The van der Waals surface area contributed by atoms with Gasteiger partial charge < -0.3 is 9.69 Å². The molecule has 0 N–H and O–H groups in total. The van der Waals surface area contributed by atoms with Crippen molar-refractivity contribution >= 4 is 38.7 Å². The molecule has 0 aliphatic rings. The van der Waals surface area contributed by atoms with Gasteiger partial charge in [0.15, 0.2) is 5.13 Å². The molecule has 1 aromatic carbocycles. The predicted octanol–water partition coefficient (Wildman–Crippen LogP) is 2.56. The summed E-state index contributed by atoms with van der Waals surface area (Å²) in [6.45, 7) is 0. The van der Waals surface area contributed by atoms with Gasteiger partial charge in [0.25, 0.3) is 5.56 Å². The summed E-state index contributed by atoms with van der Waals surface area (Å²) in [4.78, 5) is 33.4. The van der Waals surface area contributed by atoms with E-state index in [4.69, 9.17) is 0 Å². The van der Waals surface area contributed by atoms with Gasteiger partial charge in [0.2, 0.25) is 0 Å². The highest BCUT2D eigenvalue weighted by Crippen LogP contribution is 2.27. The summed E-state index contributed by atoms with van der Waals surface area (Å²) in [5.74, 6) is 0. The fourth-order valence-corrected chi connectivity index (χ4v) is 3.02. The van der Waals surface area contributed by atoms with E-state index in [-0.39, 0.29) is 5.56 Å². The van der Waals surface area contributed by atoms with E-state index in [0.29, 0.717) is 21.8 Å². The van der Waals surface area contributed by atoms with E-state index in [1.807, 2.05) is 36.2 Å². The smallest absolute Gasteiger partial charge is 0.282 e. The lowest BCUT2D eigenvalue weighted by molar-refractivity contribution is -0.107. The third-order valence-corrected chi connectivity index (χ3v) is 4.38. The van der Waals surface area contributed by atoms with Gasteiger partial charge in [-0.05, 0) is 29.8 Å². The third kappa shape index (κ3) is 2.73. The average Bonchev–Trinajstić information content (AvgIpc) is 2.55. The Labute approximate surface area is 130 Å². The zero-order chi connectivity index (χ0) is 15.5. The molecule has 0 aliphatic carbocycles. The number of carbonyl (C=O) groups is 1. The Morgan fingerprint density at radius 2 is 2.00 bits per heavy atom. The zero-order valence-corrected chi connectivity index (χ0v) is 12.7. The highest BCUT2D eigenvalue weighted by Gasteiger charge is 2.10. The summed E-state index contributed by atoms with van der Waals surface area (Å²) in [5, 5.41) is 1.12. The van der Waals surface area contributed by atoms with Gasteiger partial charge in [-0.15, -0.1) is 0 Å². The summed E-state index contributed by atoms with van der Waals surface area (Å²) in [6.07, 6.45) is 2.94. The van der Waals surface area contributed by atoms with Gasteiger partial charge in [-0.1, -0.05) is 23.5 Å². The van der Waals surface area contributed by atoms with E-state index >= 15 is 0 Å². The van der Waals surface area contributed by atoms with Crippen LogP contribution >= 0.6 is 11.3 Å². The quantitative estimate of drug-likeness (QED) is 0.693. The fourth-order valence-electron chi connectivity index (χ4n) is 2.10. The first-order valence-corrected chi connectivity index (χ1v) is 7.53. The third-order valence-electron chi connectivity index (χ3n) is 3.32. The fraction of sp³-hybridized carbons (Fsp3) is 0.125. The first kappa shape index (κ1) is 14.3. The maximum Gasteiger partial charge on any atom is 0.282 e. The van der Waals surface area contributed by atoms with Crippen LogP contribution in [0.25, 0.3) is 10.2 Å². The maximum atomic E-state index is 12.1. The molecule has 5 nitrogen and oxygen atoms in total. The van der Waals surface area contributed by atoms with E-state index in [9.17, 15) is 9.59 Å². The first-order valence-electron chi connectivity index (χ1n) is 6.71. The molecule has 0 bridgehead atoms. The molecule has 0 saturated carbocycles. The SMILES string of the molecule is CN(c1ccc(CC=O)cc1)c1nc(=O)c2cccnc2s1. The molecule has 0 spiro atoms. The molecule has 3 rings (SSSR count). The van der Waals surface area contributed by atoms with Crippen molar-refractivity contribution in [3.8, 4) is 0 Å². The number of pyridine rings is 1. The lowest BCUT2D eigenvalue weighted by atomic mass is 10.1. The van der Waals surface area contributed by atoms with Gasteiger partial charge in [-0.25, -0.2) is 4.98 Å². The minimum absolute atomic E-state index is 0.277. The largest absolute Gasteiger partial charge is 0.321 e. The number of hydrogen-bond acceptors (Lipinski definition) is 6. The number of aldehydes is 1. The number of hydrogen-bond donors (Lipinski definition) is 0. The van der Waals surface area contributed by atoms with Crippen molar-refractivity contribution in [2.75, 3.05) is 11.9 Å². The molecular weight excluding hydrogens is 298 g/mol. The molecule has 0 aliphatic heterocycles. The van der Waals surface area contributed by atoms with Crippen molar-refractivity contribution in [2.45, 2.75) is 6.42 Å². The van der Waals surface area contributed by atoms with Gasteiger partial charge in [-0.2, -0.15) is 4.98 Å². The minimum Gasteiger partial charge on any atom is -0.321 e. The van der Waals surface area contributed by atoms with Crippen LogP contribution in [0.1, 0.15) is 5.56 Å². The Kier molecular flexibility index (Phi) is 3.93. The van der Waals surface area contributed by atoms with Crippen LogP contribution < -0.4 is 10.5 Å². The Morgan fingerprint density at radius 1 is 1.23 bits per heavy atom. The van der Waals surface area contributed by atoms with Crippen molar-refractivity contribution in [1.29, 1.82) is 0 Å². The Balaban J connectivity index is 1.99. The number of carbonyl (C=O) groups excluding carboxylic acids is 1. The van der Waals surface area contributed by atoms with Crippen molar-refractivity contribution in [2.24, 2.45) is 0 Å². The normalized spacial score (nSPS) is 10.6. The first-order chi connectivity index (χ1) is 10.7. The number of aromatic nitrogens is 2. The van der Waals surface area contributed by atoms with Crippen molar-refractivity contribution in [3.63, 3.8) is 0 Å². The van der Waals surface area contributed by atoms with Crippen LogP contribution in [0.15, 0.2) is 47.4 Å². The van der Waals surface area contributed by atoms with Crippen LogP contribution in [-0.4, -0.2) is 23.3 Å². The van der Waals surface area contributed by atoms with Gasteiger partial charge in [0.05, 0.1) is 5.39 Å². The van der Waals surface area contributed by atoms with Crippen LogP contribution in [0.3, 0.4) is 0 Å². The summed E-state index contributed by atoms with van der Waals surface area (Å²) in [7, 11) is 1.85. The number of anilines is 2. The molecule has 3 aromatic rings. The molecule has 22 heavy (non-hydrogen) atoms. The van der Waals surface area contributed by atoms with E-state index in [1.54, 1.807) is 18.3 Å². The second-order valence-electron chi connectivity index (χ2n) is 4.75. The number of fused-ring (bicyclic) bond motifs is 1. The molecule has 0 fully saturated rings. The molecule has 0 saturated heterocycles. The summed E-state index contributed by atoms with van der Waals surface area (Å²) >= 11 is 1.37. The van der Waals surface area contributed by atoms with Crippen LogP contribution in [0, 0.1) is 0 Å². The van der Waals surface area contributed by atoms with Crippen LogP contribution in [0.2, 0.25) is 0 Å². The Hall–Kier alpha value is -2.60. The zero-order valence-electron chi connectivity index (χ0n) is 11.9. The van der Waals surface area contributed by atoms with Gasteiger partial charge in [0.1, 0.15) is 11.1 Å². The molecular formula is C16H13N3O2S. The minimum atomic E-state index is -0.277. The molecule has 0 atom stereocenters. The standard InChI is InChI=1S/C16H13N3O2S/c1-19(12-6-4-11(5-7-12)8-10-20)16-18-14(21)13-3-2-9-17-15(13)22-16/h2-7,9-10H,8H2,1H3.